The van der Waals surface area contributed by atoms with Gasteiger partial charge in [0.2, 0.25) is 0 Å². The van der Waals surface area contributed by atoms with Crippen molar-refractivity contribution >= 4 is 29.7 Å². The number of anilines is 1. The minimum Gasteiger partial charge on any atom is -0.484 e. The Bertz CT molecular complexity index is 1230. The summed E-state index contributed by atoms with van der Waals surface area (Å²) in [6.45, 7) is 3.29. The first-order valence-electron chi connectivity index (χ1n) is 11.2. The van der Waals surface area contributed by atoms with Crippen molar-refractivity contribution in [1.29, 1.82) is 0 Å². The molecule has 2 aliphatic heterocycles. The van der Waals surface area contributed by atoms with Gasteiger partial charge in [-0.25, -0.2) is 9.18 Å². The number of likely N-dealkylation sites (tertiary alicyclic amines) is 1. The van der Waals surface area contributed by atoms with Crippen LogP contribution in [0.4, 0.5) is 10.1 Å². The minimum atomic E-state index is -0.503. The highest BCUT2D eigenvalue weighted by atomic mass is 32.2. The summed E-state index contributed by atoms with van der Waals surface area (Å²) in [7, 11) is 1.34. The van der Waals surface area contributed by atoms with Crippen molar-refractivity contribution in [2.24, 2.45) is 0 Å². The molecule has 0 spiro atoms. The molecule has 5 rings (SSSR count). The van der Waals surface area contributed by atoms with Crippen LogP contribution >= 0.6 is 11.9 Å². The van der Waals surface area contributed by atoms with Crippen LogP contribution in [0.5, 0.6) is 5.75 Å². The molecule has 0 atom stereocenters. The van der Waals surface area contributed by atoms with Crippen molar-refractivity contribution in [3.63, 3.8) is 0 Å². The lowest BCUT2D eigenvalue weighted by atomic mass is 9.98. The molecule has 6 nitrogen and oxygen atoms in total. The summed E-state index contributed by atoms with van der Waals surface area (Å²) in [6.07, 6.45) is 8.08. The predicted octanol–water partition coefficient (Wildman–Crippen LogP) is 5.99. The Morgan fingerprint density at radius 3 is 2.88 bits per heavy atom. The van der Waals surface area contributed by atoms with Gasteiger partial charge in [0.1, 0.15) is 29.5 Å². The van der Waals surface area contributed by atoms with Crippen molar-refractivity contribution in [1.82, 2.24) is 4.90 Å². The van der Waals surface area contributed by atoms with Gasteiger partial charge in [-0.05, 0) is 79.8 Å². The van der Waals surface area contributed by atoms with Crippen LogP contribution in [-0.2, 0) is 11.3 Å². The average Bonchev–Trinajstić information content (AvgIpc) is 3.55. The van der Waals surface area contributed by atoms with Crippen LogP contribution < -0.4 is 9.46 Å². The quantitative estimate of drug-likeness (QED) is 0.329. The van der Waals surface area contributed by atoms with Gasteiger partial charge in [-0.3, -0.25) is 4.90 Å². The van der Waals surface area contributed by atoms with Gasteiger partial charge in [-0.15, -0.1) is 0 Å². The van der Waals surface area contributed by atoms with Crippen molar-refractivity contribution in [2.45, 2.75) is 24.3 Å². The van der Waals surface area contributed by atoms with Gasteiger partial charge in [0, 0.05) is 22.6 Å². The monoisotopic (exact) mass is 480 g/mol. The largest absolute Gasteiger partial charge is 0.484 e. The number of methoxy groups -OCH3 is 1. The molecule has 0 amide bonds. The molecule has 0 saturated carbocycles. The Morgan fingerprint density at radius 1 is 1.21 bits per heavy atom. The number of nitrogens with one attached hydrogen (secondary N) is 1. The fraction of sp³-hybridized carbons (Fsp3) is 0.269. The first kappa shape index (κ1) is 22.6. The van der Waals surface area contributed by atoms with E-state index in [1.54, 1.807) is 12.3 Å². The van der Waals surface area contributed by atoms with E-state index >= 15 is 0 Å². The van der Waals surface area contributed by atoms with Crippen molar-refractivity contribution in [2.75, 3.05) is 31.5 Å². The third-order valence-corrected chi connectivity index (χ3v) is 6.95. The Kier molecular flexibility index (Phi) is 6.60. The van der Waals surface area contributed by atoms with Crippen LogP contribution in [0.1, 0.15) is 34.5 Å². The highest BCUT2D eigenvalue weighted by Gasteiger charge is 2.28. The van der Waals surface area contributed by atoms with E-state index in [-0.39, 0.29) is 12.4 Å². The number of ether oxygens (including phenoxy) is 2. The van der Waals surface area contributed by atoms with Crippen LogP contribution in [0, 0.1) is 5.82 Å². The SMILES string of the molecule is COC(=O)c1c(NSc2ccc(F)cc2/C=C\CN2CCCC2)ccc2c1OCc1occc1-2. The van der Waals surface area contributed by atoms with E-state index in [4.69, 9.17) is 13.9 Å². The zero-order chi connectivity index (χ0) is 23.5. The summed E-state index contributed by atoms with van der Waals surface area (Å²) < 4.78 is 33.6. The number of hydrogen-bond acceptors (Lipinski definition) is 7. The van der Waals surface area contributed by atoms with Crippen LogP contribution in [0.2, 0.25) is 0 Å². The van der Waals surface area contributed by atoms with Crippen LogP contribution in [-0.4, -0.2) is 37.6 Å². The first-order chi connectivity index (χ1) is 16.6. The molecule has 0 aliphatic carbocycles. The van der Waals surface area contributed by atoms with E-state index in [9.17, 15) is 9.18 Å². The highest BCUT2D eigenvalue weighted by molar-refractivity contribution is 8.00. The number of nitrogens with zero attached hydrogens (tertiary/aromatic N) is 1. The second-order valence-corrected chi connectivity index (χ2v) is 9.05. The number of furan rings is 1. The molecule has 0 bridgehead atoms. The standard InChI is InChI=1S/C26H25FN2O4S/c1-31-26(30)24-21(8-7-20-19-10-14-32-22(19)16-33-25(20)24)28-34-23-9-6-18(27)15-17(23)5-4-13-29-11-2-3-12-29/h4-10,14-15,28H,2-3,11-13,16H2,1H3/b5-4-. The molecular formula is C26H25FN2O4S. The zero-order valence-corrected chi connectivity index (χ0v) is 19.6. The van der Waals surface area contributed by atoms with Gasteiger partial charge in [0.25, 0.3) is 0 Å². The zero-order valence-electron chi connectivity index (χ0n) is 18.8. The molecule has 8 heteroatoms. The number of esters is 1. The topological polar surface area (TPSA) is 63.9 Å². The smallest absolute Gasteiger partial charge is 0.343 e. The molecule has 1 saturated heterocycles. The molecule has 0 unspecified atom stereocenters. The van der Waals surface area contributed by atoms with Crippen molar-refractivity contribution in [3.8, 4) is 16.9 Å². The maximum atomic E-state index is 14.0. The van der Waals surface area contributed by atoms with Gasteiger partial charge >= 0.3 is 5.97 Å². The lowest BCUT2D eigenvalue weighted by Crippen LogP contribution is -2.18. The second kappa shape index (κ2) is 9.95. The van der Waals surface area contributed by atoms with Crippen LogP contribution in [0.3, 0.4) is 0 Å². The first-order valence-corrected chi connectivity index (χ1v) is 12.0. The number of rotatable bonds is 7. The van der Waals surface area contributed by atoms with Crippen LogP contribution in [0.15, 0.2) is 58.1 Å². The number of benzene rings is 2. The maximum absolute atomic E-state index is 14.0. The molecule has 34 heavy (non-hydrogen) atoms. The lowest BCUT2D eigenvalue weighted by molar-refractivity contribution is 0.0596. The summed E-state index contributed by atoms with van der Waals surface area (Å²) in [5, 5.41) is 0. The molecule has 0 radical (unpaired) electrons. The lowest BCUT2D eigenvalue weighted by Gasteiger charge is -2.21. The molecule has 2 aromatic carbocycles. The molecule has 1 N–H and O–H groups in total. The van der Waals surface area contributed by atoms with Gasteiger partial charge in [0.05, 0.1) is 19.1 Å². The predicted molar refractivity (Wildman–Crippen MR) is 130 cm³/mol. The number of fused-ring (bicyclic) bond motifs is 3. The average molecular weight is 481 g/mol. The molecule has 3 aromatic rings. The van der Waals surface area contributed by atoms with E-state index in [1.807, 2.05) is 24.3 Å². The van der Waals surface area contributed by atoms with Crippen LogP contribution in [0.25, 0.3) is 17.2 Å². The van der Waals surface area contributed by atoms with E-state index in [0.717, 1.165) is 47.0 Å². The Balaban J connectivity index is 1.40. The van der Waals surface area contributed by atoms with E-state index in [2.05, 4.69) is 15.7 Å². The number of halogens is 1. The highest BCUT2D eigenvalue weighted by Crippen LogP contribution is 2.44. The van der Waals surface area contributed by atoms with Crippen molar-refractivity contribution in [3.05, 3.63) is 71.4 Å². The van der Waals surface area contributed by atoms with Gasteiger partial charge in [-0.2, -0.15) is 0 Å². The van der Waals surface area contributed by atoms with Gasteiger partial charge in [-0.1, -0.05) is 12.2 Å². The third kappa shape index (κ3) is 4.56. The van der Waals surface area contributed by atoms with Crippen molar-refractivity contribution < 1.29 is 23.1 Å². The summed E-state index contributed by atoms with van der Waals surface area (Å²) in [4.78, 5) is 15.9. The summed E-state index contributed by atoms with van der Waals surface area (Å²) in [6, 6.07) is 10.2. The normalized spacial score (nSPS) is 15.1. The second-order valence-electron chi connectivity index (χ2n) is 8.20. The van der Waals surface area contributed by atoms with Gasteiger partial charge < -0.3 is 18.6 Å². The molecule has 3 heterocycles. The number of carbonyl (C=O) groups excluding carboxylic acids is 1. The number of hydrogen-bond donors (Lipinski definition) is 1. The van der Waals surface area contributed by atoms with E-state index < -0.39 is 5.97 Å². The maximum Gasteiger partial charge on any atom is 0.343 e. The van der Waals surface area contributed by atoms with E-state index in [1.165, 1.54) is 44.0 Å². The minimum absolute atomic E-state index is 0.236. The molecular weight excluding hydrogens is 455 g/mol. The van der Waals surface area contributed by atoms with E-state index in [0.29, 0.717) is 17.0 Å². The Labute approximate surface area is 201 Å². The molecule has 1 fully saturated rings. The summed E-state index contributed by atoms with van der Waals surface area (Å²) in [5.41, 5.74) is 3.31. The fourth-order valence-corrected chi connectivity index (χ4v) is 5.08. The molecule has 1 aromatic heterocycles. The molecule has 176 valence electrons. The molecule has 2 aliphatic rings. The Morgan fingerprint density at radius 2 is 2.06 bits per heavy atom. The summed E-state index contributed by atoms with van der Waals surface area (Å²) >= 11 is 1.31. The van der Waals surface area contributed by atoms with Gasteiger partial charge in [0.15, 0.2) is 0 Å². The fourth-order valence-electron chi connectivity index (χ4n) is 4.31. The summed E-state index contributed by atoms with van der Waals surface area (Å²) in [5.74, 6) is 0.376. The third-order valence-electron chi connectivity index (χ3n) is 6.03. The Hall–Kier alpha value is -3.23. The number of carbonyl (C=O) groups is 1.